The number of carbonyl (C=O) groups excluding carboxylic acids is 1. The van der Waals surface area contributed by atoms with E-state index >= 15 is 0 Å². The summed E-state index contributed by atoms with van der Waals surface area (Å²) in [5.41, 5.74) is 3.37. The number of nitrogens with one attached hydrogen (secondary N) is 3. The van der Waals surface area contributed by atoms with E-state index in [-0.39, 0.29) is 12.2 Å². The first-order chi connectivity index (χ1) is 12.8. The van der Waals surface area contributed by atoms with Crippen molar-refractivity contribution in [2.45, 2.75) is 12.7 Å². The van der Waals surface area contributed by atoms with Crippen LogP contribution in [0.4, 0.5) is 29.3 Å². The van der Waals surface area contributed by atoms with Crippen LogP contribution < -0.4 is 21.2 Å². The molecule has 1 aliphatic heterocycles. The van der Waals surface area contributed by atoms with Gasteiger partial charge in [-0.2, -0.15) is 18.7 Å². The molecule has 2 aromatic rings. The fraction of sp³-hybridized carbons (Fsp3) is 0.188. The van der Waals surface area contributed by atoms with E-state index in [0.29, 0.717) is 6.67 Å². The molecule has 0 atom stereocenters. The summed E-state index contributed by atoms with van der Waals surface area (Å²) in [4.78, 5) is 11.9. The molecule has 0 saturated carbocycles. The highest BCUT2D eigenvalue weighted by Crippen LogP contribution is 2.36. The Labute approximate surface area is 157 Å². The van der Waals surface area contributed by atoms with E-state index in [9.17, 15) is 18.0 Å². The van der Waals surface area contributed by atoms with Gasteiger partial charge < -0.3 is 10.6 Å². The molecule has 1 heterocycles. The largest absolute Gasteiger partial charge is 0.417 e. The predicted molar refractivity (Wildman–Crippen MR) is 94.1 cm³/mol. The van der Waals surface area contributed by atoms with Crippen molar-refractivity contribution < 1.29 is 18.0 Å². The van der Waals surface area contributed by atoms with Gasteiger partial charge >= 0.3 is 12.2 Å². The number of nitrogens with zero attached hydrogens (tertiary/aromatic N) is 3. The second-order valence-electron chi connectivity index (χ2n) is 5.58. The third-order valence-electron chi connectivity index (χ3n) is 3.67. The third kappa shape index (κ3) is 4.79. The molecule has 0 radical (unpaired) electrons. The van der Waals surface area contributed by atoms with Gasteiger partial charge in [0, 0.05) is 12.2 Å². The summed E-state index contributed by atoms with van der Waals surface area (Å²) < 4.78 is 38.5. The zero-order valence-electron chi connectivity index (χ0n) is 13.7. The Morgan fingerprint density at radius 2 is 1.96 bits per heavy atom. The number of benzene rings is 2. The second-order valence-corrected chi connectivity index (χ2v) is 5.98. The molecule has 3 N–H and O–H groups in total. The maximum absolute atomic E-state index is 12.8. The topological polar surface area (TPSA) is 81.1 Å². The molecular formula is C16H14ClF3N6O. The van der Waals surface area contributed by atoms with Crippen LogP contribution in [-0.2, 0) is 12.7 Å². The van der Waals surface area contributed by atoms with Crippen LogP contribution in [0.15, 0.2) is 52.8 Å². The van der Waals surface area contributed by atoms with E-state index in [4.69, 9.17) is 11.6 Å². The van der Waals surface area contributed by atoms with Gasteiger partial charge in [-0.3, -0.25) is 0 Å². The number of amides is 2. The Morgan fingerprint density at radius 1 is 1.22 bits per heavy atom. The molecule has 0 bridgehead atoms. The predicted octanol–water partition coefficient (Wildman–Crippen LogP) is 4.33. The number of hydrogen-bond donors (Lipinski definition) is 3. The lowest BCUT2D eigenvalue weighted by atomic mass is 10.2. The summed E-state index contributed by atoms with van der Waals surface area (Å²) in [6, 6.07) is 9.80. The molecule has 0 aromatic heterocycles. The van der Waals surface area contributed by atoms with Gasteiger partial charge in [-0.05, 0) is 35.9 Å². The average Bonchev–Trinajstić information content (AvgIpc) is 3.16. The molecule has 0 fully saturated rings. The van der Waals surface area contributed by atoms with E-state index in [2.05, 4.69) is 26.5 Å². The molecule has 3 rings (SSSR count). The Kier molecular flexibility index (Phi) is 5.36. The Morgan fingerprint density at radius 3 is 2.59 bits per heavy atom. The molecule has 1 aliphatic rings. The summed E-state index contributed by atoms with van der Waals surface area (Å²) in [6.45, 7) is 0.606. The highest BCUT2D eigenvalue weighted by atomic mass is 35.5. The van der Waals surface area contributed by atoms with Gasteiger partial charge in [-0.25, -0.2) is 9.80 Å². The van der Waals surface area contributed by atoms with Gasteiger partial charge in [0.15, 0.2) is 6.67 Å². The van der Waals surface area contributed by atoms with Gasteiger partial charge in [0.2, 0.25) is 0 Å². The van der Waals surface area contributed by atoms with Crippen molar-refractivity contribution >= 4 is 29.0 Å². The van der Waals surface area contributed by atoms with Gasteiger partial charge in [-0.15, -0.1) is 5.11 Å². The highest BCUT2D eigenvalue weighted by Gasteiger charge is 2.33. The molecule has 2 aromatic carbocycles. The molecule has 0 aliphatic carbocycles. The van der Waals surface area contributed by atoms with Crippen LogP contribution >= 0.6 is 11.6 Å². The number of carbonyl (C=O) groups is 1. The van der Waals surface area contributed by atoms with Crippen molar-refractivity contribution in [3.05, 3.63) is 58.6 Å². The molecular weight excluding hydrogens is 385 g/mol. The lowest BCUT2D eigenvalue weighted by Crippen LogP contribution is -2.29. The summed E-state index contributed by atoms with van der Waals surface area (Å²) in [5, 5.41) is 13.7. The van der Waals surface area contributed by atoms with E-state index in [1.807, 2.05) is 12.1 Å². The number of alkyl halides is 3. The first kappa shape index (κ1) is 18.8. The van der Waals surface area contributed by atoms with Crippen LogP contribution in [0.5, 0.6) is 0 Å². The molecule has 2 amide bonds. The number of halogens is 4. The lowest BCUT2D eigenvalue weighted by Gasteiger charge is -2.15. The number of urea groups is 1. The van der Waals surface area contributed by atoms with Crippen LogP contribution in [0.3, 0.4) is 0 Å². The highest BCUT2D eigenvalue weighted by molar-refractivity contribution is 6.31. The maximum atomic E-state index is 12.8. The van der Waals surface area contributed by atoms with Crippen LogP contribution in [0.1, 0.15) is 11.1 Å². The molecule has 0 spiro atoms. The standard InChI is InChI=1S/C16H14ClF3N6O/c17-14-6-3-11(7-13(14)16(18,19)20)23-15(27)21-8-10-1-4-12(5-2-10)26-9-22-24-25-26/h1-7H,8-9H2,(H,22,25)(H2,21,23,27). The molecule has 11 heteroatoms. The van der Waals surface area contributed by atoms with Crippen LogP contribution in [0.25, 0.3) is 0 Å². The molecule has 0 saturated heterocycles. The SMILES string of the molecule is O=C(NCc1ccc(N2CN=NN2)cc1)Nc1ccc(Cl)c(C(F)(F)F)c1. The van der Waals surface area contributed by atoms with Gasteiger partial charge in [0.05, 0.1) is 16.3 Å². The monoisotopic (exact) mass is 398 g/mol. The van der Waals surface area contributed by atoms with Crippen molar-refractivity contribution in [2.24, 2.45) is 10.3 Å². The van der Waals surface area contributed by atoms with Crippen LogP contribution in [-0.4, -0.2) is 12.7 Å². The normalized spacial score (nSPS) is 13.4. The maximum Gasteiger partial charge on any atom is 0.417 e. The van der Waals surface area contributed by atoms with Crippen molar-refractivity contribution in [3.8, 4) is 0 Å². The van der Waals surface area contributed by atoms with Crippen molar-refractivity contribution in [1.29, 1.82) is 0 Å². The minimum absolute atomic E-state index is 0.00724. The summed E-state index contributed by atoms with van der Waals surface area (Å²) in [7, 11) is 0. The van der Waals surface area contributed by atoms with Crippen molar-refractivity contribution in [3.63, 3.8) is 0 Å². The van der Waals surface area contributed by atoms with Crippen molar-refractivity contribution in [2.75, 3.05) is 17.0 Å². The van der Waals surface area contributed by atoms with Gasteiger partial charge in [0.25, 0.3) is 0 Å². The number of anilines is 2. The van der Waals surface area contributed by atoms with Crippen LogP contribution in [0, 0.1) is 0 Å². The van der Waals surface area contributed by atoms with Gasteiger partial charge in [-0.1, -0.05) is 29.0 Å². The fourth-order valence-corrected chi connectivity index (χ4v) is 2.55. The summed E-state index contributed by atoms with van der Waals surface area (Å²) in [5.74, 6) is 0. The van der Waals surface area contributed by atoms with E-state index in [1.165, 1.54) is 6.07 Å². The Hall–Kier alpha value is -3.01. The molecule has 142 valence electrons. The third-order valence-corrected chi connectivity index (χ3v) is 4.00. The fourth-order valence-electron chi connectivity index (χ4n) is 2.32. The Balaban J connectivity index is 1.55. The van der Waals surface area contributed by atoms with Crippen LogP contribution in [0.2, 0.25) is 5.02 Å². The smallest absolute Gasteiger partial charge is 0.334 e. The summed E-state index contributed by atoms with van der Waals surface area (Å²) >= 11 is 5.55. The zero-order valence-corrected chi connectivity index (χ0v) is 14.5. The quantitative estimate of drug-likeness (QED) is 0.717. The molecule has 0 unspecified atom stereocenters. The number of hydrazine groups is 1. The minimum Gasteiger partial charge on any atom is -0.334 e. The van der Waals surface area contributed by atoms with E-state index in [0.717, 1.165) is 23.4 Å². The molecule has 7 nitrogen and oxygen atoms in total. The Bertz CT molecular complexity index is 848. The van der Waals surface area contributed by atoms with E-state index in [1.54, 1.807) is 17.1 Å². The first-order valence-electron chi connectivity index (χ1n) is 7.73. The first-order valence-corrected chi connectivity index (χ1v) is 8.11. The average molecular weight is 399 g/mol. The van der Waals surface area contributed by atoms with Gasteiger partial charge in [0.1, 0.15) is 0 Å². The number of rotatable bonds is 4. The summed E-state index contributed by atoms with van der Waals surface area (Å²) in [6.07, 6.45) is -4.60. The lowest BCUT2D eigenvalue weighted by molar-refractivity contribution is -0.137. The van der Waals surface area contributed by atoms with E-state index < -0.39 is 22.8 Å². The zero-order chi connectivity index (χ0) is 19.4. The van der Waals surface area contributed by atoms with Crippen molar-refractivity contribution in [1.82, 2.24) is 10.9 Å². The molecule has 27 heavy (non-hydrogen) atoms. The second kappa shape index (κ2) is 7.70. The number of hydrogen-bond acceptors (Lipinski definition) is 5. The minimum atomic E-state index is -4.60.